The van der Waals surface area contributed by atoms with E-state index < -0.39 is 10.0 Å². The number of carbonyl (C=O) groups excluding carboxylic acids is 1. The summed E-state index contributed by atoms with van der Waals surface area (Å²) in [5, 5.41) is 5.35. The van der Waals surface area contributed by atoms with Gasteiger partial charge in [0.15, 0.2) is 5.78 Å². The third kappa shape index (κ3) is 4.65. The van der Waals surface area contributed by atoms with Crippen molar-refractivity contribution < 1.29 is 13.2 Å². The van der Waals surface area contributed by atoms with Crippen LogP contribution in [0, 0.1) is 11.8 Å². The second-order valence-electron chi connectivity index (χ2n) is 8.60. The van der Waals surface area contributed by atoms with Crippen LogP contribution in [0.15, 0.2) is 71.6 Å². The number of Topliss-reactive ketones (excluding diaryl/α,β-unsaturated/α-hetero) is 1. The molecule has 3 aromatic carbocycles. The summed E-state index contributed by atoms with van der Waals surface area (Å²) in [5.41, 5.74) is 1.28. The Morgan fingerprint density at radius 2 is 1.65 bits per heavy atom. The Labute approximate surface area is 184 Å². The van der Waals surface area contributed by atoms with Gasteiger partial charge in [-0.05, 0) is 41.8 Å². The largest absolute Gasteiger partial charge is 0.377 e. The molecule has 31 heavy (non-hydrogen) atoms. The summed E-state index contributed by atoms with van der Waals surface area (Å²) in [6, 6.07) is 20.3. The van der Waals surface area contributed by atoms with Gasteiger partial charge in [-0.15, -0.1) is 0 Å². The molecule has 0 radical (unpaired) electrons. The molecule has 0 bridgehead atoms. The van der Waals surface area contributed by atoms with Gasteiger partial charge in [-0.1, -0.05) is 62.4 Å². The molecule has 162 valence electrons. The summed E-state index contributed by atoms with van der Waals surface area (Å²) < 4.78 is 27.9. The van der Waals surface area contributed by atoms with Crippen LogP contribution >= 0.6 is 0 Å². The first-order valence-corrected chi connectivity index (χ1v) is 12.1. The number of anilines is 1. The predicted molar refractivity (Wildman–Crippen MR) is 125 cm³/mol. The highest BCUT2D eigenvalue weighted by Crippen LogP contribution is 2.27. The van der Waals surface area contributed by atoms with E-state index in [0.717, 1.165) is 22.9 Å². The maximum absolute atomic E-state index is 13.2. The van der Waals surface area contributed by atoms with Crippen molar-refractivity contribution in [2.24, 2.45) is 11.8 Å². The zero-order chi connectivity index (χ0) is 22.0. The first kappa shape index (κ1) is 21.5. The van der Waals surface area contributed by atoms with Crippen molar-refractivity contribution in [2.75, 3.05) is 25.0 Å². The smallest absolute Gasteiger partial charge is 0.243 e. The summed E-state index contributed by atoms with van der Waals surface area (Å²) in [6.45, 7) is 5.30. The van der Waals surface area contributed by atoms with Crippen molar-refractivity contribution in [1.29, 1.82) is 0 Å². The summed E-state index contributed by atoms with van der Waals surface area (Å²) in [7, 11) is -3.62. The van der Waals surface area contributed by atoms with Gasteiger partial charge in [-0.2, -0.15) is 4.31 Å². The van der Waals surface area contributed by atoms with Gasteiger partial charge in [0.05, 0.1) is 11.4 Å². The lowest BCUT2D eigenvalue weighted by atomic mass is 9.94. The second-order valence-corrected chi connectivity index (χ2v) is 10.5. The minimum absolute atomic E-state index is 0.0926. The number of hydrogen-bond donors (Lipinski definition) is 1. The van der Waals surface area contributed by atoms with Gasteiger partial charge in [0.1, 0.15) is 0 Å². The Bertz CT molecular complexity index is 1190. The average molecular weight is 437 g/mol. The third-order valence-corrected chi connectivity index (χ3v) is 7.69. The molecule has 3 aromatic rings. The highest BCUT2D eigenvalue weighted by atomic mass is 32.2. The maximum atomic E-state index is 13.2. The van der Waals surface area contributed by atoms with Crippen LogP contribution in [0.4, 0.5) is 5.69 Å². The van der Waals surface area contributed by atoms with E-state index in [9.17, 15) is 13.2 Å². The lowest BCUT2D eigenvalue weighted by Gasteiger charge is -2.34. The zero-order valence-electron chi connectivity index (χ0n) is 17.9. The number of rotatable bonds is 6. The van der Waals surface area contributed by atoms with E-state index in [-0.39, 0.29) is 17.2 Å². The Hall–Kier alpha value is -2.70. The van der Waals surface area contributed by atoms with E-state index in [0.29, 0.717) is 30.5 Å². The number of benzene rings is 3. The lowest BCUT2D eigenvalue weighted by molar-refractivity contribution is 0.101. The van der Waals surface area contributed by atoms with Crippen LogP contribution in [0.2, 0.25) is 0 Å². The Balaban J connectivity index is 1.52. The highest BCUT2D eigenvalue weighted by molar-refractivity contribution is 7.89. The van der Waals surface area contributed by atoms with Crippen LogP contribution in [-0.4, -0.2) is 38.1 Å². The van der Waals surface area contributed by atoms with Crippen LogP contribution < -0.4 is 5.32 Å². The van der Waals surface area contributed by atoms with Crippen molar-refractivity contribution >= 4 is 32.3 Å². The fourth-order valence-electron chi connectivity index (χ4n) is 4.44. The van der Waals surface area contributed by atoms with Gasteiger partial charge in [0.25, 0.3) is 0 Å². The van der Waals surface area contributed by atoms with Gasteiger partial charge in [-0.3, -0.25) is 4.79 Å². The molecule has 1 fully saturated rings. The number of piperidine rings is 1. The van der Waals surface area contributed by atoms with Crippen LogP contribution in [-0.2, 0) is 10.0 Å². The molecule has 0 aliphatic carbocycles. The Morgan fingerprint density at radius 1 is 0.968 bits per heavy atom. The average Bonchev–Trinajstić information content (AvgIpc) is 2.77. The number of nitrogens with zero attached hydrogens (tertiary/aromatic N) is 1. The molecular weight excluding hydrogens is 408 g/mol. The second kappa shape index (κ2) is 8.81. The number of ketones is 1. The van der Waals surface area contributed by atoms with E-state index in [1.807, 2.05) is 42.5 Å². The van der Waals surface area contributed by atoms with E-state index in [1.165, 1.54) is 6.07 Å². The normalized spacial score (nSPS) is 19.9. The molecule has 0 spiro atoms. The van der Waals surface area contributed by atoms with Crippen LogP contribution in [0.1, 0.15) is 30.6 Å². The van der Waals surface area contributed by atoms with Crippen molar-refractivity contribution in [3.63, 3.8) is 0 Å². The topological polar surface area (TPSA) is 66.5 Å². The van der Waals surface area contributed by atoms with Gasteiger partial charge in [0.2, 0.25) is 10.0 Å². The molecule has 1 aliphatic heterocycles. The van der Waals surface area contributed by atoms with Crippen molar-refractivity contribution in [3.8, 4) is 0 Å². The number of carbonyl (C=O) groups is 1. The molecular formula is C25H28N2O3S. The first-order chi connectivity index (χ1) is 14.8. The van der Waals surface area contributed by atoms with Gasteiger partial charge in [-0.25, -0.2) is 8.42 Å². The molecule has 4 rings (SSSR count). The SMILES string of the molecule is CC1CC(C)CN(S(=O)(=O)c2cccc(C(=O)CNc3cccc4ccccc34)c2)C1. The van der Waals surface area contributed by atoms with E-state index >= 15 is 0 Å². The summed E-state index contributed by atoms with van der Waals surface area (Å²) in [5.74, 6) is 0.506. The molecule has 6 heteroatoms. The molecule has 1 saturated heterocycles. The highest BCUT2D eigenvalue weighted by Gasteiger charge is 2.31. The standard InChI is InChI=1S/C25H28N2O3S/c1-18-13-19(2)17-27(16-18)31(29,30)22-10-5-9-21(14-22)25(28)15-26-24-12-6-8-20-7-3-4-11-23(20)24/h3-12,14,18-19,26H,13,15-17H2,1-2H3. The van der Waals surface area contributed by atoms with Crippen LogP contribution in [0.3, 0.4) is 0 Å². The minimum atomic E-state index is -3.62. The summed E-state index contributed by atoms with van der Waals surface area (Å²) in [6.07, 6.45) is 1.03. The monoisotopic (exact) mass is 436 g/mol. The Morgan fingerprint density at radius 3 is 2.42 bits per heavy atom. The molecule has 5 nitrogen and oxygen atoms in total. The van der Waals surface area contributed by atoms with Gasteiger partial charge >= 0.3 is 0 Å². The van der Waals surface area contributed by atoms with Crippen LogP contribution in [0.25, 0.3) is 10.8 Å². The summed E-state index contributed by atoms with van der Waals surface area (Å²) in [4.78, 5) is 13.0. The quantitative estimate of drug-likeness (QED) is 0.564. The minimum Gasteiger partial charge on any atom is -0.377 e. The van der Waals surface area contributed by atoms with Crippen molar-refractivity contribution in [3.05, 3.63) is 72.3 Å². The first-order valence-electron chi connectivity index (χ1n) is 10.7. The molecule has 2 unspecified atom stereocenters. The summed E-state index contributed by atoms with van der Waals surface area (Å²) >= 11 is 0. The Kier molecular flexibility index (Phi) is 6.12. The molecule has 2 atom stereocenters. The number of sulfonamides is 1. The fraction of sp³-hybridized carbons (Fsp3) is 0.320. The van der Waals surface area contributed by atoms with E-state index in [1.54, 1.807) is 22.5 Å². The number of fused-ring (bicyclic) bond motifs is 1. The molecule has 0 aromatic heterocycles. The van der Waals surface area contributed by atoms with Gasteiger partial charge in [0, 0.05) is 29.7 Å². The third-order valence-electron chi connectivity index (χ3n) is 5.86. The van der Waals surface area contributed by atoms with Crippen LogP contribution in [0.5, 0.6) is 0 Å². The van der Waals surface area contributed by atoms with Crippen molar-refractivity contribution in [2.45, 2.75) is 25.2 Å². The van der Waals surface area contributed by atoms with Crippen molar-refractivity contribution in [1.82, 2.24) is 4.31 Å². The lowest BCUT2D eigenvalue weighted by Crippen LogP contribution is -2.42. The fourth-order valence-corrected chi connectivity index (χ4v) is 6.16. The maximum Gasteiger partial charge on any atom is 0.243 e. The number of hydrogen-bond acceptors (Lipinski definition) is 4. The number of nitrogens with one attached hydrogen (secondary N) is 1. The molecule has 1 heterocycles. The van der Waals surface area contributed by atoms with Gasteiger partial charge < -0.3 is 5.32 Å². The molecule has 1 N–H and O–H groups in total. The van der Waals surface area contributed by atoms with E-state index in [2.05, 4.69) is 19.2 Å². The predicted octanol–water partition coefficient (Wildman–Crippen LogP) is 4.80. The molecule has 1 aliphatic rings. The van der Waals surface area contributed by atoms with E-state index in [4.69, 9.17) is 0 Å². The molecule has 0 amide bonds. The zero-order valence-corrected chi connectivity index (χ0v) is 18.7. The molecule has 0 saturated carbocycles.